The third-order valence-corrected chi connectivity index (χ3v) is 5.62. The van der Waals surface area contributed by atoms with Gasteiger partial charge in [0, 0.05) is 12.1 Å². The van der Waals surface area contributed by atoms with E-state index in [4.69, 9.17) is 9.47 Å². The van der Waals surface area contributed by atoms with Crippen LogP contribution in [0.5, 0.6) is 5.75 Å². The minimum Gasteiger partial charge on any atom is -0.494 e. The molecule has 0 saturated carbocycles. The summed E-state index contributed by atoms with van der Waals surface area (Å²) in [4.78, 5) is 14.0. The summed E-state index contributed by atoms with van der Waals surface area (Å²) < 4.78 is 11.1. The van der Waals surface area contributed by atoms with E-state index < -0.39 is 0 Å². The van der Waals surface area contributed by atoms with Crippen LogP contribution < -0.4 is 4.74 Å². The first-order valence-corrected chi connectivity index (χ1v) is 12.8. The molecule has 1 rings (SSSR count). The topological polar surface area (TPSA) is 38.8 Å². The molecule has 1 aromatic carbocycles. The first kappa shape index (κ1) is 31.5. The summed E-state index contributed by atoms with van der Waals surface area (Å²) >= 11 is 0. The fraction of sp³-hybridized carbons (Fsp3) is 0.679. The van der Waals surface area contributed by atoms with Gasteiger partial charge in [-0.1, -0.05) is 89.7 Å². The second kappa shape index (κ2) is 21.0. The van der Waals surface area contributed by atoms with Crippen LogP contribution >= 0.6 is 12.4 Å². The molecule has 0 heterocycles. The van der Waals surface area contributed by atoms with E-state index in [-0.39, 0.29) is 18.4 Å². The average Bonchev–Trinajstić information content (AvgIpc) is 2.77. The van der Waals surface area contributed by atoms with E-state index in [0.717, 1.165) is 30.9 Å². The first-order chi connectivity index (χ1) is 15.5. The largest absolute Gasteiger partial charge is 0.494 e. The van der Waals surface area contributed by atoms with Crippen LogP contribution in [0.1, 0.15) is 96.5 Å². The molecule has 0 aromatic heterocycles. The summed E-state index contributed by atoms with van der Waals surface area (Å²) in [5, 5.41) is 0. The Morgan fingerprint density at radius 1 is 0.818 bits per heavy atom. The summed E-state index contributed by atoms with van der Waals surface area (Å²) in [7, 11) is 3.91. The molecule has 0 N–H and O–H groups in total. The SMILES string of the molecule is CCCCCCCCCCCCCCOc1ccc(/C=C(\C)C(=O)OCCN(C)C)cc1.Cl. The lowest BCUT2D eigenvalue weighted by atomic mass is 10.1. The van der Waals surface area contributed by atoms with Gasteiger partial charge in [0.15, 0.2) is 0 Å². The summed E-state index contributed by atoms with van der Waals surface area (Å²) in [6.45, 7) is 5.96. The van der Waals surface area contributed by atoms with Crippen molar-refractivity contribution in [3.05, 3.63) is 35.4 Å². The lowest BCUT2D eigenvalue weighted by Gasteiger charge is -2.10. The Balaban J connectivity index is 0.0000102. The van der Waals surface area contributed by atoms with E-state index in [9.17, 15) is 4.79 Å². The number of rotatable bonds is 19. The number of unbranched alkanes of at least 4 members (excludes halogenated alkanes) is 11. The van der Waals surface area contributed by atoms with Gasteiger partial charge in [-0.15, -0.1) is 12.4 Å². The van der Waals surface area contributed by atoms with Gasteiger partial charge in [-0.2, -0.15) is 0 Å². The van der Waals surface area contributed by atoms with Crippen molar-refractivity contribution >= 4 is 24.5 Å². The highest BCUT2D eigenvalue weighted by Gasteiger charge is 2.06. The quantitative estimate of drug-likeness (QED) is 0.115. The van der Waals surface area contributed by atoms with Crippen LogP contribution in [-0.4, -0.2) is 44.7 Å². The molecular formula is C28H48ClNO3. The molecule has 0 spiro atoms. The van der Waals surface area contributed by atoms with Crippen LogP contribution in [0, 0.1) is 0 Å². The molecule has 0 atom stereocenters. The molecule has 1 aromatic rings. The molecule has 0 amide bonds. The van der Waals surface area contributed by atoms with Crippen LogP contribution in [0.4, 0.5) is 0 Å². The van der Waals surface area contributed by atoms with E-state index in [0.29, 0.717) is 12.2 Å². The van der Waals surface area contributed by atoms with Crippen LogP contribution in [0.25, 0.3) is 6.08 Å². The normalized spacial score (nSPS) is 11.4. The summed E-state index contributed by atoms with van der Waals surface area (Å²) in [6, 6.07) is 7.90. The fourth-order valence-corrected chi connectivity index (χ4v) is 3.54. The third-order valence-electron chi connectivity index (χ3n) is 5.62. The number of halogens is 1. The second-order valence-electron chi connectivity index (χ2n) is 9.07. The summed E-state index contributed by atoms with van der Waals surface area (Å²) in [6.07, 6.45) is 18.1. The van der Waals surface area contributed by atoms with Gasteiger partial charge >= 0.3 is 5.97 Å². The Kier molecular flexibility index (Phi) is 20.1. The van der Waals surface area contributed by atoms with Crippen LogP contribution in [0.2, 0.25) is 0 Å². The number of ether oxygens (including phenoxy) is 2. The maximum absolute atomic E-state index is 12.0. The van der Waals surface area contributed by atoms with Crippen molar-refractivity contribution in [2.75, 3.05) is 33.9 Å². The Labute approximate surface area is 209 Å². The second-order valence-corrected chi connectivity index (χ2v) is 9.07. The lowest BCUT2D eigenvalue weighted by Crippen LogP contribution is -2.20. The van der Waals surface area contributed by atoms with Gasteiger partial charge in [-0.05, 0) is 51.2 Å². The van der Waals surface area contributed by atoms with Crippen LogP contribution in [0.15, 0.2) is 29.8 Å². The predicted molar refractivity (Wildman–Crippen MR) is 143 cm³/mol. The number of hydrogen-bond donors (Lipinski definition) is 0. The van der Waals surface area contributed by atoms with Crippen molar-refractivity contribution in [2.24, 2.45) is 0 Å². The van der Waals surface area contributed by atoms with Gasteiger partial charge in [0.05, 0.1) is 6.61 Å². The standard InChI is InChI=1S/C28H47NO3.ClH/c1-5-6-7-8-9-10-11-12-13-14-15-16-22-31-27-19-17-26(18-20-27)24-25(2)28(30)32-23-21-29(3)4;/h17-20,24H,5-16,21-23H2,1-4H3;1H/b25-24+;. The number of nitrogens with zero attached hydrogens (tertiary/aromatic N) is 1. The third kappa shape index (κ3) is 17.6. The summed E-state index contributed by atoms with van der Waals surface area (Å²) in [5.74, 6) is 0.621. The first-order valence-electron chi connectivity index (χ1n) is 12.8. The van der Waals surface area contributed by atoms with Crippen molar-refractivity contribution in [2.45, 2.75) is 90.9 Å². The maximum atomic E-state index is 12.0. The molecule has 0 aliphatic rings. The molecule has 33 heavy (non-hydrogen) atoms. The molecule has 0 aliphatic carbocycles. The van der Waals surface area contributed by atoms with Crippen LogP contribution in [0.3, 0.4) is 0 Å². The fourth-order valence-electron chi connectivity index (χ4n) is 3.54. The van der Waals surface area contributed by atoms with E-state index in [1.165, 1.54) is 70.6 Å². The average molecular weight is 482 g/mol. The Hall–Kier alpha value is -1.52. The molecule has 0 unspecified atom stereocenters. The smallest absolute Gasteiger partial charge is 0.333 e. The van der Waals surface area contributed by atoms with E-state index >= 15 is 0 Å². The Bertz CT molecular complexity index is 629. The Morgan fingerprint density at radius 2 is 1.33 bits per heavy atom. The number of hydrogen-bond acceptors (Lipinski definition) is 4. The maximum Gasteiger partial charge on any atom is 0.333 e. The zero-order chi connectivity index (χ0) is 23.4. The predicted octanol–water partition coefficient (Wildman–Crippen LogP) is 7.70. The van der Waals surface area contributed by atoms with Gasteiger partial charge in [-0.25, -0.2) is 4.79 Å². The van der Waals surface area contributed by atoms with Gasteiger partial charge in [0.2, 0.25) is 0 Å². The van der Waals surface area contributed by atoms with Crippen molar-refractivity contribution in [1.29, 1.82) is 0 Å². The van der Waals surface area contributed by atoms with Crippen molar-refractivity contribution in [1.82, 2.24) is 4.90 Å². The summed E-state index contributed by atoms with van der Waals surface area (Å²) in [5.41, 5.74) is 1.58. The number of esters is 1. The zero-order valence-corrected chi connectivity index (χ0v) is 22.4. The number of carbonyl (C=O) groups is 1. The van der Waals surface area contributed by atoms with Gasteiger partial charge in [-0.3, -0.25) is 0 Å². The molecule has 0 bridgehead atoms. The number of carbonyl (C=O) groups excluding carboxylic acids is 1. The van der Waals surface area contributed by atoms with Crippen molar-refractivity contribution in [3.63, 3.8) is 0 Å². The highest BCUT2D eigenvalue weighted by atomic mass is 35.5. The van der Waals surface area contributed by atoms with Gasteiger partial charge in [0.1, 0.15) is 12.4 Å². The molecular weight excluding hydrogens is 434 g/mol. The molecule has 0 fully saturated rings. The molecule has 0 radical (unpaired) electrons. The van der Waals surface area contributed by atoms with Crippen molar-refractivity contribution < 1.29 is 14.3 Å². The molecule has 190 valence electrons. The van der Waals surface area contributed by atoms with Gasteiger partial charge in [0.25, 0.3) is 0 Å². The van der Waals surface area contributed by atoms with E-state index in [2.05, 4.69) is 6.92 Å². The van der Waals surface area contributed by atoms with Gasteiger partial charge < -0.3 is 14.4 Å². The van der Waals surface area contributed by atoms with Crippen LogP contribution in [-0.2, 0) is 9.53 Å². The number of benzene rings is 1. The highest BCUT2D eigenvalue weighted by Crippen LogP contribution is 2.16. The number of likely N-dealkylation sites (N-methyl/N-ethyl adjacent to an activating group) is 1. The minimum atomic E-state index is -0.265. The monoisotopic (exact) mass is 481 g/mol. The Morgan fingerprint density at radius 3 is 1.85 bits per heavy atom. The highest BCUT2D eigenvalue weighted by molar-refractivity contribution is 5.93. The van der Waals surface area contributed by atoms with E-state index in [1.807, 2.05) is 49.3 Å². The molecule has 5 heteroatoms. The zero-order valence-electron chi connectivity index (χ0n) is 21.6. The van der Waals surface area contributed by atoms with Crippen molar-refractivity contribution in [3.8, 4) is 5.75 Å². The molecule has 0 saturated heterocycles. The molecule has 4 nitrogen and oxygen atoms in total. The minimum absolute atomic E-state index is 0. The molecule has 0 aliphatic heterocycles. The van der Waals surface area contributed by atoms with E-state index in [1.54, 1.807) is 6.92 Å². The lowest BCUT2D eigenvalue weighted by molar-refractivity contribution is -0.139.